The molecule has 0 spiro atoms. The molecule has 29 heavy (non-hydrogen) atoms. The van der Waals surface area contributed by atoms with Gasteiger partial charge in [0.1, 0.15) is 0 Å². The number of benzene rings is 2. The van der Waals surface area contributed by atoms with Crippen LogP contribution in [0.4, 0.5) is 11.4 Å². The summed E-state index contributed by atoms with van der Waals surface area (Å²) in [5.74, 6) is -1.20. The van der Waals surface area contributed by atoms with Gasteiger partial charge in [0.15, 0.2) is 11.1 Å². The van der Waals surface area contributed by atoms with Gasteiger partial charge in [0, 0.05) is 34.5 Å². The maximum Gasteiger partial charge on any atom is 0.338 e. The molecule has 0 radical (unpaired) electrons. The number of halogens is 1. The Morgan fingerprint density at radius 3 is 2.66 bits per heavy atom. The number of nitro benzene ring substituents is 1. The fraction of sp³-hybridized carbons (Fsp3) is 0.105. The minimum absolute atomic E-state index is 0.102. The topological polar surface area (TPSA) is 111 Å². The molecule has 0 bridgehead atoms. The third kappa shape index (κ3) is 5.59. The number of nitrogens with zero attached hydrogens (tertiary/aromatic N) is 2. The number of ketones is 1. The van der Waals surface area contributed by atoms with Crippen molar-refractivity contribution in [3.63, 3.8) is 0 Å². The third-order valence-corrected chi connectivity index (χ3v) is 4.92. The highest BCUT2D eigenvalue weighted by Crippen LogP contribution is 2.20. The summed E-state index contributed by atoms with van der Waals surface area (Å²) in [7, 11) is 0. The van der Waals surface area contributed by atoms with Crippen LogP contribution in [0.5, 0.6) is 0 Å². The number of aromatic nitrogens is 1. The van der Waals surface area contributed by atoms with E-state index in [2.05, 4.69) is 10.3 Å². The molecule has 2 aromatic carbocycles. The average molecular weight is 432 g/mol. The smallest absolute Gasteiger partial charge is 0.338 e. The van der Waals surface area contributed by atoms with Gasteiger partial charge in [0.25, 0.3) is 5.69 Å². The maximum atomic E-state index is 12.2. The summed E-state index contributed by atoms with van der Waals surface area (Å²) < 4.78 is 5.51. The SMILES string of the molecule is O=C(COC(=O)c1cccc(NCc2cnc(Cl)s2)c1)c1cccc([N+](=O)[O-])c1. The Kier molecular flexibility index (Phi) is 6.53. The van der Waals surface area contributed by atoms with Gasteiger partial charge < -0.3 is 10.1 Å². The highest BCUT2D eigenvalue weighted by atomic mass is 35.5. The zero-order valence-corrected chi connectivity index (χ0v) is 16.4. The van der Waals surface area contributed by atoms with Crippen molar-refractivity contribution in [2.24, 2.45) is 0 Å². The van der Waals surface area contributed by atoms with Crippen molar-refractivity contribution in [1.82, 2.24) is 4.98 Å². The zero-order valence-electron chi connectivity index (χ0n) is 14.8. The molecule has 0 saturated heterocycles. The number of Topliss-reactive ketones (excluding diaryl/α,β-unsaturated/α-hetero) is 1. The van der Waals surface area contributed by atoms with E-state index in [1.807, 2.05) is 0 Å². The van der Waals surface area contributed by atoms with Gasteiger partial charge in [-0.15, -0.1) is 11.3 Å². The second-order valence-corrected chi connectivity index (χ2v) is 7.52. The monoisotopic (exact) mass is 431 g/mol. The van der Waals surface area contributed by atoms with Crippen molar-refractivity contribution in [3.05, 3.63) is 85.3 Å². The Bertz CT molecular complexity index is 1070. The highest BCUT2D eigenvalue weighted by Gasteiger charge is 2.15. The van der Waals surface area contributed by atoms with Crippen molar-refractivity contribution in [1.29, 1.82) is 0 Å². The summed E-state index contributed by atoms with van der Waals surface area (Å²) in [6, 6.07) is 11.9. The second kappa shape index (κ2) is 9.26. The number of hydrogen-bond donors (Lipinski definition) is 1. The van der Waals surface area contributed by atoms with Crippen LogP contribution in [0.15, 0.2) is 54.7 Å². The van der Waals surface area contributed by atoms with Gasteiger partial charge in [0.2, 0.25) is 5.78 Å². The fourth-order valence-electron chi connectivity index (χ4n) is 2.40. The highest BCUT2D eigenvalue weighted by molar-refractivity contribution is 7.15. The first-order valence-corrected chi connectivity index (χ1v) is 9.51. The van der Waals surface area contributed by atoms with Crippen LogP contribution in [0.25, 0.3) is 0 Å². The average Bonchev–Trinajstić information content (AvgIpc) is 3.15. The van der Waals surface area contributed by atoms with Gasteiger partial charge in [-0.25, -0.2) is 9.78 Å². The van der Waals surface area contributed by atoms with E-state index in [1.54, 1.807) is 30.5 Å². The van der Waals surface area contributed by atoms with Crippen molar-refractivity contribution in [3.8, 4) is 0 Å². The van der Waals surface area contributed by atoms with Crippen LogP contribution in [0.1, 0.15) is 25.6 Å². The van der Waals surface area contributed by atoms with Gasteiger partial charge in [0.05, 0.1) is 17.0 Å². The number of rotatable bonds is 8. The zero-order chi connectivity index (χ0) is 20.8. The largest absolute Gasteiger partial charge is 0.454 e. The number of esters is 1. The van der Waals surface area contributed by atoms with E-state index < -0.39 is 23.3 Å². The van der Waals surface area contributed by atoms with E-state index >= 15 is 0 Å². The van der Waals surface area contributed by atoms with Gasteiger partial charge in [-0.05, 0) is 18.2 Å². The number of carbonyl (C=O) groups is 2. The predicted octanol–water partition coefficient (Wildman–Crippen LogP) is 4.36. The number of thiazole rings is 1. The summed E-state index contributed by atoms with van der Waals surface area (Å²) in [5.41, 5.74) is 0.854. The van der Waals surface area contributed by atoms with E-state index in [0.29, 0.717) is 16.7 Å². The van der Waals surface area contributed by atoms with E-state index in [1.165, 1.54) is 29.5 Å². The Morgan fingerprint density at radius 2 is 1.93 bits per heavy atom. The Hall–Kier alpha value is -3.30. The molecule has 1 aromatic heterocycles. The Morgan fingerprint density at radius 1 is 1.17 bits per heavy atom. The summed E-state index contributed by atoms with van der Waals surface area (Å²) >= 11 is 7.15. The molecule has 0 aliphatic carbocycles. The third-order valence-electron chi connectivity index (χ3n) is 3.80. The summed E-state index contributed by atoms with van der Waals surface area (Å²) in [4.78, 5) is 39.5. The molecule has 0 fully saturated rings. The molecule has 0 aliphatic rings. The normalized spacial score (nSPS) is 10.4. The van der Waals surface area contributed by atoms with Gasteiger partial charge >= 0.3 is 5.97 Å². The minimum atomic E-state index is -0.673. The number of anilines is 1. The van der Waals surface area contributed by atoms with E-state index in [9.17, 15) is 19.7 Å². The number of non-ortho nitro benzene ring substituents is 1. The van der Waals surface area contributed by atoms with Gasteiger partial charge in [-0.2, -0.15) is 0 Å². The van der Waals surface area contributed by atoms with E-state index in [4.69, 9.17) is 16.3 Å². The summed E-state index contributed by atoms with van der Waals surface area (Å²) in [6.07, 6.45) is 1.66. The number of ether oxygens (including phenoxy) is 1. The molecule has 0 unspecified atom stereocenters. The molecule has 10 heteroatoms. The fourth-order valence-corrected chi connectivity index (χ4v) is 3.32. The molecule has 0 saturated carbocycles. The molecule has 1 heterocycles. The van der Waals surface area contributed by atoms with Crippen molar-refractivity contribution < 1.29 is 19.2 Å². The molecule has 0 aliphatic heterocycles. The summed E-state index contributed by atoms with van der Waals surface area (Å²) in [5, 5.41) is 13.9. The lowest BCUT2D eigenvalue weighted by Gasteiger charge is -2.08. The quantitative estimate of drug-likeness (QED) is 0.244. The lowest BCUT2D eigenvalue weighted by atomic mass is 10.1. The lowest BCUT2D eigenvalue weighted by Crippen LogP contribution is -2.14. The summed E-state index contributed by atoms with van der Waals surface area (Å²) in [6.45, 7) is -0.0226. The van der Waals surface area contributed by atoms with Crippen LogP contribution in [-0.2, 0) is 11.3 Å². The standard InChI is InChI=1S/C19H14ClN3O5S/c20-19-22-10-16(29-19)9-21-14-5-1-4-13(7-14)18(25)28-11-17(24)12-3-2-6-15(8-12)23(26)27/h1-8,10,21H,9,11H2. The van der Waals surface area contributed by atoms with E-state index in [0.717, 1.165) is 10.9 Å². The molecule has 148 valence electrons. The van der Waals surface area contributed by atoms with Crippen molar-refractivity contribution in [2.75, 3.05) is 11.9 Å². The van der Waals surface area contributed by atoms with Crippen LogP contribution in [0.2, 0.25) is 4.47 Å². The van der Waals surface area contributed by atoms with Crippen LogP contribution < -0.4 is 5.32 Å². The molecular formula is C19H14ClN3O5S. The van der Waals surface area contributed by atoms with Crippen LogP contribution in [0, 0.1) is 10.1 Å². The predicted molar refractivity (Wildman–Crippen MR) is 109 cm³/mol. The van der Waals surface area contributed by atoms with Gasteiger partial charge in [-0.1, -0.05) is 29.8 Å². The van der Waals surface area contributed by atoms with Crippen molar-refractivity contribution in [2.45, 2.75) is 6.54 Å². The lowest BCUT2D eigenvalue weighted by molar-refractivity contribution is -0.384. The molecule has 3 rings (SSSR count). The van der Waals surface area contributed by atoms with Gasteiger partial charge in [-0.3, -0.25) is 14.9 Å². The Balaban J connectivity index is 1.58. The second-order valence-electron chi connectivity index (χ2n) is 5.82. The van der Waals surface area contributed by atoms with Crippen LogP contribution in [0.3, 0.4) is 0 Å². The van der Waals surface area contributed by atoms with E-state index in [-0.39, 0.29) is 16.8 Å². The first-order valence-electron chi connectivity index (χ1n) is 8.31. The molecule has 3 aromatic rings. The number of carbonyl (C=O) groups excluding carboxylic acids is 2. The number of hydrogen-bond acceptors (Lipinski definition) is 8. The molecule has 0 amide bonds. The molecule has 0 atom stereocenters. The first kappa shape index (κ1) is 20.4. The van der Waals surface area contributed by atoms with Crippen LogP contribution >= 0.6 is 22.9 Å². The van der Waals surface area contributed by atoms with Crippen molar-refractivity contribution >= 4 is 46.1 Å². The molecule has 8 nitrogen and oxygen atoms in total. The minimum Gasteiger partial charge on any atom is -0.454 e. The van der Waals surface area contributed by atoms with Crippen LogP contribution in [-0.4, -0.2) is 28.3 Å². The number of nitrogens with one attached hydrogen (secondary N) is 1. The molecule has 1 N–H and O–H groups in total. The molecular weight excluding hydrogens is 418 g/mol. The first-order chi connectivity index (χ1) is 13.9. The number of nitro groups is 1. The maximum absolute atomic E-state index is 12.2. The Labute approximate surface area is 174 Å².